The first-order valence-electron chi connectivity index (χ1n) is 8.70. The average molecular weight is 317 g/mol. The predicted molar refractivity (Wildman–Crippen MR) is 91.8 cm³/mol. The molecule has 5 nitrogen and oxygen atoms in total. The standard InChI is InChI=1S/C18H27N3O2/c1-15-6-4-5-9-21(15)18(23)14-19-10-12-20(13-11-19)16-7-2-3-8-17(16)22/h2-3,7-8,15,22H,4-6,9-14H2,1H3/t15-/m1/s1. The maximum absolute atomic E-state index is 12.5. The van der Waals surface area contributed by atoms with Gasteiger partial charge in [0.2, 0.25) is 5.91 Å². The van der Waals surface area contributed by atoms with Gasteiger partial charge in [-0.2, -0.15) is 0 Å². The number of hydrogen-bond donors (Lipinski definition) is 1. The third-order valence-electron chi connectivity index (χ3n) is 5.08. The summed E-state index contributed by atoms with van der Waals surface area (Å²) in [7, 11) is 0. The van der Waals surface area contributed by atoms with Crippen molar-refractivity contribution in [3.05, 3.63) is 24.3 Å². The summed E-state index contributed by atoms with van der Waals surface area (Å²) in [5, 5.41) is 9.96. The summed E-state index contributed by atoms with van der Waals surface area (Å²) in [6.45, 7) is 7.02. The lowest BCUT2D eigenvalue weighted by atomic mass is 10.0. The lowest BCUT2D eigenvalue weighted by molar-refractivity contribution is -0.135. The summed E-state index contributed by atoms with van der Waals surface area (Å²) in [6, 6.07) is 7.85. The number of likely N-dealkylation sites (tertiary alicyclic amines) is 1. The van der Waals surface area contributed by atoms with Crippen LogP contribution < -0.4 is 4.90 Å². The molecule has 1 aromatic carbocycles. The maximum Gasteiger partial charge on any atom is 0.236 e. The highest BCUT2D eigenvalue weighted by molar-refractivity contribution is 5.78. The maximum atomic E-state index is 12.5. The topological polar surface area (TPSA) is 47.0 Å². The number of anilines is 1. The van der Waals surface area contributed by atoms with Gasteiger partial charge in [0.25, 0.3) is 0 Å². The quantitative estimate of drug-likeness (QED) is 0.925. The average Bonchev–Trinajstić information content (AvgIpc) is 2.56. The Balaban J connectivity index is 1.51. The summed E-state index contributed by atoms with van der Waals surface area (Å²) in [6.07, 6.45) is 3.51. The number of aromatic hydroxyl groups is 1. The lowest BCUT2D eigenvalue weighted by Gasteiger charge is -2.38. The molecule has 5 heteroatoms. The summed E-state index contributed by atoms with van der Waals surface area (Å²) in [5.74, 6) is 0.604. The van der Waals surface area contributed by atoms with E-state index in [1.54, 1.807) is 6.07 Å². The zero-order chi connectivity index (χ0) is 16.2. The Morgan fingerprint density at radius 2 is 1.87 bits per heavy atom. The molecule has 0 bridgehead atoms. The van der Waals surface area contributed by atoms with Gasteiger partial charge in [0.15, 0.2) is 0 Å². The van der Waals surface area contributed by atoms with Crippen LogP contribution in [-0.4, -0.2) is 66.1 Å². The summed E-state index contributed by atoms with van der Waals surface area (Å²) in [4.78, 5) is 19.0. The number of piperazine rings is 1. The highest BCUT2D eigenvalue weighted by Crippen LogP contribution is 2.27. The van der Waals surface area contributed by atoms with Crippen molar-refractivity contribution in [2.75, 3.05) is 44.2 Å². The minimum atomic E-state index is 0.271. The van der Waals surface area contributed by atoms with Crippen LogP contribution in [0.4, 0.5) is 5.69 Å². The minimum Gasteiger partial charge on any atom is -0.506 e. The second-order valence-corrected chi connectivity index (χ2v) is 6.68. The van der Waals surface area contributed by atoms with Crippen molar-refractivity contribution in [1.82, 2.24) is 9.80 Å². The van der Waals surface area contributed by atoms with Crippen LogP contribution in [-0.2, 0) is 4.79 Å². The SMILES string of the molecule is C[C@@H]1CCCCN1C(=O)CN1CCN(c2ccccc2O)CC1. The summed E-state index contributed by atoms with van der Waals surface area (Å²) < 4.78 is 0. The van der Waals surface area contributed by atoms with Gasteiger partial charge in [-0.25, -0.2) is 0 Å². The van der Waals surface area contributed by atoms with Gasteiger partial charge < -0.3 is 14.9 Å². The van der Waals surface area contributed by atoms with Crippen LogP contribution in [0.15, 0.2) is 24.3 Å². The molecule has 0 radical (unpaired) electrons. The van der Waals surface area contributed by atoms with E-state index >= 15 is 0 Å². The van der Waals surface area contributed by atoms with Gasteiger partial charge in [0.1, 0.15) is 5.75 Å². The molecule has 0 aliphatic carbocycles. The molecule has 0 spiro atoms. The molecule has 126 valence electrons. The zero-order valence-electron chi connectivity index (χ0n) is 13.9. The molecule has 0 unspecified atom stereocenters. The molecular weight excluding hydrogens is 290 g/mol. The first-order valence-corrected chi connectivity index (χ1v) is 8.70. The number of piperidine rings is 1. The number of phenolic OH excluding ortho intramolecular Hbond substituents is 1. The van der Waals surface area contributed by atoms with Crippen LogP contribution in [0.1, 0.15) is 26.2 Å². The van der Waals surface area contributed by atoms with E-state index in [2.05, 4.69) is 21.6 Å². The second-order valence-electron chi connectivity index (χ2n) is 6.68. The van der Waals surface area contributed by atoms with Crippen LogP contribution in [0.5, 0.6) is 5.75 Å². The smallest absolute Gasteiger partial charge is 0.236 e. The van der Waals surface area contributed by atoms with Crippen molar-refractivity contribution in [3.63, 3.8) is 0 Å². The van der Waals surface area contributed by atoms with E-state index < -0.39 is 0 Å². The molecule has 2 heterocycles. The Morgan fingerprint density at radius 3 is 2.57 bits per heavy atom. The van der Waals surface area contributed by atoms with Crippen molar-refractivity contribution in [1.29, 1.82) is 0 Å². The number of carbonyl (C=O) groups is 1. The van der Waals surface area contributed by atoms with E-state index in [0.717, 1.165) is 51.3 Å². The highest BCUT2D eigenvalue weighted by Gasteiger charge is 2.26. The number of rotatable bonds is 3. The van der Waals surface area contributed by atoms with Crippen LogP contribution in [0.25, 0.3) is 0 Å². The lowest BCUT2D eigenvalue weighted by Crippen LogP contribution is -2.52. The fourth-order valence-electron chi connectivity index (χ4n) is 3.63. The summed E-state index contributed by atoms with van der Waals surface area (Å²) in [5.41, 5.74) is 0.892. The third-order valence-corrected chi connectivity index (χ3v) is 5.08. The van der Waals surface area contributed by atoms with Crippen LogP contribution in [0, 0.1) is 0 Å². The van der Waals surface area contributed by atoms with Gasteiger partial charge in [-0.15, -0.1) is 0 Å². The van der Waals surface area contributed by atoms with Gasteiger partial charge >= 0.3 is 0 Å². The second kappa shape index (κ2) is 7.21. The van der Waals surface area contributed by atoms with Gasteiger partial charge in [-0.3, -0.25) is 9.69 Å². The number of phenols is 1. The molecule has 1 N–H and O–H groups in total. The molecule has 1 aromatic rings. The summed E-state index contributed by atoms with van der Waals surface area (Å²) >= 11 is 0. The van der Waals surface area contributed by atoms with Crippen molar-refractivity contribution >= 4 is 11.6 Å². The zero-order valence-corrected chi connectivity index (χ0v) is 13.9. The van der Waals surface area contributed by atoms with E-state index in [1.165, 1.54) is 6.42 Å². The van der Waals surface area contributed by atoms with Gasteiger partial charge in [0.05, 0.1) is 12.2 Å². The van der Waals surface area contributed by atoms with Crippen LogP contribution in [0.2, 0.25) is 0 Å². The Kier molecular flexibility index (Phi) is 5.06. The number of benzene rings is 1. The molecule has 0 aromatic heterocycles. The largest absolute Gasteiger partial charge is 0.506 e. The Bertz CT molecular complexity index is 541. The Morgan fingerprint density at radius 1 is 1.13 bits per heavy atom. The number of amides is 1. The van der Waals surface area contributed by atoms with Crippen LogP contribution >= 0.6 is 0 Å². The van der Waals surface area contributed by atoms with E-state index in [-0.39, 0.29) is 5.91 Å². The highest BCUT2D eigenvalue weighted by atomic mass is 16.3. The fraction of sp³-hybridized carbons (Fsp3) is 0.611. The fourth-order valence-corrected chi connectivity index (χ4v) is 3.63. The van der Waals surface area contributed by atoms with E-state index in [4.69, 9.17) is 0 Å². The molecular formula is C18H27N3O2. The molecule has 2 aliphatic heterocycles. The number of hydrogen-bond acceptors (Lipinski definition) is 4. The molecule has 0 saturated carbocycles. The molecule has 3 rings (SSSR count). The van der Waals surface area contributed by atoms with E-state index in [1.807, 2.05) is 18.2 Å². The molecule has 1 atom stereocenters. The number of para-hydroxylation sites is 2. The minimum absolute atomic E-state index is 0.271. The molecule has 2 fully saturated rings. The Labute approximate surface area is 138 Å². The molecule has 1 amide bonds. The van der Waals surface area contributed by atoms with Gasteiger partial charge in [-0.1, -0.05) is 12.1 Å². The monoisotopic (exact) mass is 317 g/mol. The normalized spacial score (nSPS) is 23.1. The number of carbonyl (C=O) groups excluding carboxylic acids is 1. The first-order chi connectivity index (χ1) is 11.1. The van der Waals surface area contributed by atoms with Gasteiger partial charge in [0, 0.05) is 38.8 Å². The van der Waals surface area contributed by atoms with Gasteiger partial charge in [-0.05, 0) is 38.3 Å². The van der Waals surface area contributed by atoms with Crippen molar-refractivity contribution in [2.24, 2.45) is 0 Å². The Hall–Kier alpha value is -1.75. The first kappa shape index (κ1) is 16.1. The molecule has 2 saturated heterocycles. The predicted octanol–water partition coefficient (Wildman–Crippen LogP) is 1.92. The number of nitrogens with zero attached hydrogens (tertiary/aromatic N) is 3. The van der Waals surface area contributed by atoms with E-state index in [9.17, 15) is 9.90 Å². The van der Waals surface area contributed by atoms with Crippen molar-refractivity contribution < 1.29 is 9.90 Å². The third kappa shape index (κ3) is 3.78. The molecule has 23 heavy (non-hydrogen) atoms. The molecule has 2 aliphatic rings. The van der Waals surface area contributed by atoms with Crippen LogP contribution in [0.3, 0.4) is 0 Å². The van der Waals surface area contributed by atoms with E-state index in [0.29, 0.717) is 18.3 Å². The van der Waals surface area contributed by atoms with Crippen molar-refractivity contribution in [3.8, 4) is 5.75 Å². The van der Waals surface area contributed by atoms with Crippen molar-refractivity contribution in [2.45, 2.75) is 32.2 Å².